The van der Waals surface area contributed by atoms with Gasteiger partial charge in [-0.15, -0.1) is 0 Å². The zero-order valence-corrected chi connectivity index (χ0v) is 15.4. The molecule has 0 saturated carbocycles. The number of ether oxygens (including phenoxy) is 4. The van der Waals surface area contributed by atoms with Gasteiger partial charge in [0, 0.05) is 12.2 Å². The Labute approximate surface area is 158 Å². The number of hydrogen-bond donors (Lipinski definition) is 0. The van der Waals surface area contributed by atoms with Crippen molar-refractivity contribution in [2.24, 2.45) is 0 Å². The van der Waals surface area contributed by atoms with Gasteiger partial charge in [-0.1, -0.05) is 0 Å². The molecule has 0 radical (unpaired) electrons. The third kappa shape index (κ3) is 5.58. The van der Waals surface area contributed by atoms with Crippen LogP contribution in [0.25, 0.3) is 0 Å². The highest BCUT2D eigenvalue weighted by Crippen LogP contribution is 2.29. The number of aryl methyl sites for hydroxylation is 1. The number of benzene rings is 1. The molecule has 0 aromatic heterocycles. The van der Waals surface area contributed by atoms with Crippen molar-refractivity contribution in [3.8, 4) is 5.75 Å². The van der Waals surface area contributed by atoms with Crippen molar-refractivity contribution in [1.82, 2.24) is 0 Å². The summed E-state index contributed by atoms with van der Waals surface area (Å²) in [5, 5.41) is 10.5. The molecular formula is C16H17NO9S. The molecule has 1 fully saturated rings. The molecule has 1 aromatic rings. The summed E-state index contributed by atoms with van der Waals surface area (Å²) in [6.07, 6.45) is -0.955. The van der Waals surface area contributed by atoms with Gasteiger partial charge in [-0.25, -0.2) is 14.4 Å². The number of nitro groups is 1. The highest BCUT2D eigenvalue weighted by Gasteiger charge is 2.30. The Hall–Kier alpha value is -2.82. The van der Waals surface area contributed by atoms with E-state index in [0.29, 0.717) is 11.3 Å². The van der Waals surface area contributed by atoms with Gasteiger partial charge in [-0.3, -0.25) is 10.1 Å². The lowest BCUT2D eigenvalue weighted by molar-refractivity contribution is -0.385. The van der Waals surface area contributed by atoms with Crippen LogP contribution in [0.4, 0.5) is 10.5 Å². The standard InChI is InChI=1S/C16H17NO9S/c1-9-5-10(11(17(21)22)6-13(9)23-2)7-25-16(20)27-4-3-12-15(19)24-8-14(18)26-12/h5-6,12H,3-4,7-8H2,1-2H3. The zero-order chi connectivity index (χ0) is 20.0. The number of nitrogens with zero attached hydrogens (tertiary/aromatic N) is 1. The van der Waals surface area contributed by atoms with Gasteiger partial charge < -0.3 is 18.9 Å². The first-order valence-electron chi connectivity index (χ1n) is 7.79. The van der Waals surface area contributed by atoms with Gasteiger partial charge in [0.25, 0.3) is 5.69 Å². The first-order valence-corrected chi connectivity index (χ1v) is 8.78. The zero-order valence-electron chi connectivity index (χ0n) is 14.6. The molecule has 1 aliphatic rings. The van der Waals surface area contributed by atoms with E-state index in [2.05, 4.69) is 4.74 Å². The maximum Gasteiger partial charge on any atom is 0.367 e. The largest absolute Gasteiger partial charge is 0.496 e. The quantitative estimate of drug-likeness (QED) is 0.291. The monoisotopic (exact) mass is 399 g/mol. The Morgan fingerprint density at radius 1 is 1.41 bits per heavy atom. The van der Waals surface area contributed by atoms with Gasteiger partial charge in [0.1, 0.15) is 12.4 Å². The van der Waals surface area contributed by atoms with Gasteiger partial charge in [-0.05, 0) is 30.3 Å². The summed E-state index contributed by atoms with van der Waals surface area (Å²) >= 11 is 0.764. The number of rotatable bonds is 7. The molecule has 0 amide bonds. The van der Waals surface area contributed by atoms with Gasteiger partial charge in [0.15, 0.2) is 12.7 Å². The van der Waals surface area contributed by atoms with E-state index < -0.39 is 34.9 Å². The van der Waals surface area contributed by atoms with Crippen LogP contribution in [0.5, 0.6) is 5.75 Å². The van der Waals surface area contributed by atoms with Crippen LogP contribution >= 0.6 is 11.8 Å². The lowest BCUT2D eigenvalue weighted by Gasteiger charge is -2.20. The Morgan fingerprint density at radius 2 is 2.15 bits per heavy atom. The van der Waals surface area contributed by atoms with E-state index in [1.165, 1.54) is 19.2 Å². The number of carbonyl (C=O) groups excluding carboxylic acids is 3. The summed E-state index contributed by atoms with van der Waals surface area (Å²) in [5.74, 6) is -0.794. The van der Waals surface area contributed by atoms with Crippen LogP contribution < -0.4 is 4.74 Å². The molecule has 10 nitrogen and oxygen atoms in total. The minimum absolute atomic E-state index is 0.0894. The maximum absolute atomic E-state index is 11.8. The molecule has 0 spiro atoms. The van der Waals surface area contributed by atoms with Crippen LogP contribution in [0.15, 0.2) is 12.1 Å². The summed E-state index contributed by atoms with van der Waals surface area (Å²) in [6.45, 7) is 1.02. The molecule has 0 bridgehead atoms. The van der Waals surface area contributed by atoms with E-state index in [1.807, 2.05) is 0 Å². The van der Waals surface area contributed by atoms with Crippen LogP contribution in [-0.4, -0.2) is 47.7 Å². The number of thioether (sulfide) groups is 1. The predicted octanol–water partition coefficient (Wildman–Crippen LogP) is 2.14. The van der Waals surface area contributed by atoms with Gasteiger partial charge >= 0.3 is 17.2 Å². The number of cyclic esters (lactones) is 2. The normalized spacial score (nSPS) is 16.3. The van der Waals surface area contributed by atoms with Crippen molar-refractivity contribution in [2.45, 2.75) is 26.1 Å². The number of nitro benzene ring substituents is 1. The smallest absolute Gasteiger partial charge is 0.367 e. The second kappa shape index (κ2) is 9.21. The fraction of sp³-hybridized carbons (Fsp3) is 0.438. The summed E-state index contributed by atoms with van der Waals surface area (Å²) in [4.78, 5) is 44.9. The molecule has 0 aliphatic carbocycles. The molecule has 11 heteroatoms. The van der Waals surface area contributed by atoms with E-state index in [1.54, 1.807) is 6.92 Å². The molecule has 27 heavy (non-hydrogen) atoms. The van der Waals surface area contributed by atoms with Crippen LogP contribution in [-0.2, 0) is 30.4 Å². The first kappa shape index (κ1) is 20.5. The maximum atomic E-state index is 11.8. The first-order chi connectivity index (χ1) is 12.8. The molecule has 1 aliphatic heterocycles. The topological polar surface area (TPSA) is 131 Å². The second-order valence-electron chi connectivity index (χ2n) is 5.47. The highest BCUT2D eigenvalue weighted by molar-refractivity contribution is 8.13. The van der Waals surface area contributed by atoms with E-state index in [-0.39, 0.29) is 30.0 Å². The number of esters is 2. The summed E-state index contributed by atoms with van der Waals surface area (Å²) in [5.41, 5.74) is 0.684. The van der Waals surface area contributed by atoms with Crippen molar-refractivity contribution in [3.05, 3.63) is 33.4 Å². The van der Waals surface area contributed by atoms with Crippen molar-refractivity contribution >= 4 is 34.7 Å². The number of carbonyl (C=O) groups is 3. The van der Waals surface area contributed by atoms with Gasteiger partial charge in [-0.2, -0.15) is 0 Å². The molecule has 1 atom stereocenters. The third-order valence-electron chi connectivity index (χ3n) is 3.61. The Kier molecular flexibility index (Phi) is 6.99. The third-order valence-corrected chi connectivity index (χ3v) is 4.40. The SMILES string of the molecule is COc1cc([N+](=O)[O-])c(COC(=O)SCCC2OC(=O)COC2=O)cc1C. The van der Waals surface area contributed by atoms with E-state index in [0.717, 1.165) is 11.8 Å². The van der Waals surface area contributed by atoms with Gasteiger partial charge in [0.05, 0.1) is 23.7 Å². The Balaban J connectivity index is 1.86. The summed E-state index contributed by atoms with van der Waals surface area (Å²) in [7, 11) is 1.40. The van der Waals surface area contributed by atoms with Gasteiger partial charge in [0.2, 0.25) is 0 Å². The fourth-order valence-corrected chi connectivity index (χ4v) is 2.95. The van der Waals surface area contributed by atoms with E-state index in [4.69, 9.17) is 14.2 Å². The molecule has 0 N–H and O–H groups in total. The van der Waals surface area contributed by atoms with Crippen molar-refractivity contribution in [3.63, 3.8) is 0 Å². The molecule has 146 valence electrons. The lowest BCUT2D eigenvalue weighted by atomic mass is 10.1. The summed E-state index contributed by atoms with van der Waals surface area (Å²) < 4.78 is 19.5. The van der Waals surface area contributed by atoms with Crippen LogP contribution in [0.1, 0.15) is 17.5 Å². The number of hydrogen-bond acceptors (Lipinski definition) is 10. The van der Waals surface area contributed by atoms with Crippen molar-refractivity contribution < 1.29 is 38.3 Å². The molecule has 1 aromatic carbocycles. The number of methoxy groups -OCH3 is 1. The van der Waals surface area contributed by atoms with Crippen molar-refractivity contribution in [2.75, 3.05) is 19.5 Å². The average molecular weight is 399 g/mol. The van der Waals surface area contributed by atoms with Crippen LogP contribution in [0.3, 0.4) is 0 Å². The second-order valence-corrected chi connectivity index (χ2v) is 6.50. The lowest BCUT2D eigenvalue weighted by Crippen LogP contribution is -2.37. The molecule has 1 unspecified atom stereocenters. The Bertz CT molecular complexity index is 765. The molecule has 2 rings (SSSR count). The van der Waals surface area contributed by atoms with E-state index >= 15 is 0 Å². The minimum Gasteiger partial charge on any atom is -0.496 e. The van der Waals surface area contributed by atoms with E-state index in [9.17, 15) is 24.5 Å². The molecule has 1 heterocycles. The molecule has 1 saturated heterocycles. The fourth-order valence-electron chi connectivity index (χ4n) is 2.31. The van der Waals surface area contributed by atoms with Crippen LogP contribution in [0, 0.1) is 17.0 Å². The Morgan fingerprint density at radius 3 is 2.81 bits per heavy atom. The minimum atomic E-state index is -1.04. The van der Waals surface area contributed by atoms with Crippen molar-refractivity contribution in [1.29, 1.82) is 0 Å². The average Bonchev–Trinajstić information content (AvgIpc) is 2.62. The highest BCUT2D eigenvalue weighted by atomic mass is 32.2. The predicted molar refractivity (Wildman–Crippen MR) is 92.5 cm³/mol. The van der Waals surface area contributed by atoms with Crippen LogP contribution in [0.2, 0.25) is 0 Å². The molecular weight excluding hydrogens is 382 g/mol. The summed E-state index contributed by atoms with van der Waals surface area (Å²) in [6, 6.07) is 2.79.